The van der Waals surface area contributed by atoms with E-state index in [1.807, 2.05) is 0 Å². The predicted octanol–water partition coefficient (Wildman–Crippen LogP) is 3.67. The van der Waals surface area contributed by atoms with Crippen molar-refractivity contribution >= 4 is 23.2 Å². The SMILES string of the molecule is CO[C@](F)(C(=O)Nc1ccc(OC(F)(F)Cl)cc1)C(F)(F)F. The summed E-state index contributed by atoms with van der Waals surface area (Å²) in [6.07, 6.45) is -5.60. The normalized spacial score (nSPS) is 15.1. The lowest BCUT2D eigenvalue weighted by Crippen LogP contribution is -2.52. The molecule has 124 valence electrons. The molecule has 1 atom stereocenters. The molecule has 0 fully saturated rings. The molecule has 1 amide bonds. The summed E-state index contributed by atoms with van der Waals surface area (Å²) in [5, 5.41) is 1.60. The van der Waals surface area contributed by atoms with Crippen LogP contribution in [0.15, 0.2) is 24.3 Å². The van der Waals surface area contributed by atoms with E-state index in [9.17, 15) is 31.1 Å². The number of nitrogens with one attached hydrogen (secondary N) is 1. The molecular formula is C11H8ClF6NO3. The Bertz CT molecular complexity index is 530. The predicted molar refractivity (Wildman–Crippen MR) is 63.4 cm³/mol. The van der Waals surface area contributed by atoms with Gasteiger partial charge in [0.2, 0.25) is 0 Å². The van der Waals surface area contributed by atoms with E-state index < -0.39 is 29.3 Å². The highest BCUT2D eigenvalue weighted by Crippen LogP contribution is 2.35. The van der Waals surface area contributed by atoms with Crippen molar-refractivity contribution in [2.24, 2.45) is 0 Å². The first-order valence-electron chi connectivity index (χ1n) is 5.37. The third kappa shape index (κ3) is 4.41. The number of alkyl halides is 7. The monoisotopic (exact) mass is 351 g/mol. The maximum absolute atomic E-state index is 13.5. The Hall–Kier alpha value is -1.68. The van der Waals surface area contributed by atoms with Crippen molar-refractivity contribution < 1.29 is 40.6 Å². The second-order valence-corrected chi connectivity index (χ2v) is 4.26. The zero-order valence-electron chi connectivity index (χ0n) is 10.7. The molecule has 0 saturated heterocycles. The molecule has 4 nitrogen and oxygen atoms in total. The Morgan fingerprint density at radius 2 is 1.59 bits per heavy atom. The minimum absolute atomic E-state index is 0.307. The van der Waals surface area contributed by atoms with Crippen LogP contribution in [0.1, 0.15) is 0 Å². The number of halogens is 7. The van der Waals surface area contributed by atoms with Gasteiger partial charge in [-0.25, -0.2) is 0 Å². The van der Waals surface area contributed by atoms with Crippen LogP contribution in [0.2, 0.25) is 0 Å². The Kier molecular flexibility index (Phi) is 5.18. The Morgan fingerprint density at radius 3 is 1.95 bits per heavy atom. The maximum Gasteiger partial charge on any atom is 0.487 e. The summed E-state index contributed by atoms with van der Waals surface area (Å²) in [5.41, 5.74) is -4.29. The van der Waals surface area contributed by atoms with Crippen molar-refractivity contribution in [3.63, 3.8) is 0 Å². The standard InChI is InChI=1S/C11H8ClF6NO3/c1-21-9(13,10(14,15)16)8(20)19-6-2-4-7(5-3-6)22-11(12,17)18/h2-5H,1H3,(H,19,20)/t9-/m1/s1. The van der Waals surface area contributed by atoms with Crippen LogP contribution in [0.25, 0.3) is 0 Å². The summed E-state index contributed by atoms with van der Waals surface area (Å²) in [4.78, 5) is 11.3. The van der Waals surface area contributed by atoms with Gasteiger partial charge >= 0.3 is 17.6 Å². The van der Waals surface area contributed by atoms with Crippen molar-refractivity contribution in [3.05, 3.63) is 24.3 Å². The molecule has 22 heavy (non-hydrogen) atoms. The molecule has 0 spiro atoms. The van der Waals surface area contributed by atoms with Gasteiger partial charge in [-0.05, 0) is 24.3 Å². The number of amides is 1. The summed E-state index contributed by atoms with van der Waals surface area (Å²) in [6.45, 7) is 0. The quantitative estimate of drug-likeness (QED) is 0.650. The molecular weight excluding hydrogens is 344 g/mol. The van der Waals surface area contributed by atoms with Crippen LogP contribution in [0.3, 0.4) is 0 Å². The Labute approximate surface area is 124 Å². The smallest absolute Gasteiger partial charge is 0.420 e. The lowest BCUT2D eigenvalue weighted by molar-refractivity contribution is -0.305. The van der Waals surface area contributed by atoms with E-state index in [-0.39, 0.29) is 5.69 Å². The molecule has 1 rings (SSSR count). The second kappa shape index (κ2) is 6.21. The highest BCUT2D eigenvalue weighted by molar-refractivity contribution is 6.20. The van der Waals surface area contributed by atoms with Gasteiger partial charge in [-0.2, -0.15) is 17.6 Å². The average Bonchev–Trinajstić information content (AvgIpc) is 2.36. The maximum atomic E-state index is 13.5. The molecule has 1 aromatic carbocycles. The van der Waals surface area contributed by atoms with Crippen molar-refractivity contribution in [2.45, 2.75) is 17.6 Å². The Balaban J connectivity index is 2.85. The number of carbonyl (C=O) groups excluding carboxylic acids is 1. The lowest BCUT2D eigenvalue weighted by atomic mass is 10.2. The van der Waals surface area contributed by atoms with Crippen molar-refractivity contribution in [2.75, 3.05) is 12.4 Å². The summed E-state index contributed by atoms with van der Waals surface area (Å²) in [5.74, 6) is -7.10. The topological polar surface area (TPSA) is 47.6 Å². The zero-order valence-corrected chi connectivity index (χ0v) is 11.4. The first kappa shape index (κ1) is 18.4. The van der Waals surface area contributed by atoms with Gasteiger partial charge < -0.3 is 14.8 Å². The highest BCUT2D eigenvalue weighted by atomic mass is 35.5. The molecule has 0 unspecified atom stereocenters. The van der Waals surface area contributed by atoms with E-state index in [4.69, 9.17) is 0 Å². The van der Waals surface area contributed by atoms with Gasteiger partial charge in [0, 0.05) is 24.4 Å². The number of ether oxygens (including phenoxy) is 2. The molecule has 0 radical (unpaired) electrons. The van der Waals surface area contributed by atoms with Crippen LogP contribution < -0.4 is 10.1 Å². The minimum Gasteiger partial charge on any atom is -0.420 e. The summed E-state index contributed by atoms with van der Waals surface area (Å²) in [6, 6.07) is 3.57. The van der Waals surface area contributed by atoms with Gasteiger partial charge in [0.1, 0.15) is 5.75 Å². The number of carbonyl (C=O) groups is 1. The van der Waals surface area contributed by atoms with Gasteiger partial charge in [-0.15, -0.1) is 8.78 Å². The third-order valence-corrected chi connectivity index (χ3v) is 2.36. The second-order valence-electron chi connectivity index (χ2n) is 3.82. The Morgan fingerprint density at radius 1 is 1.09 bits per heavy atom. The number of methoxy groups -OCH3 is 1. The van der Waals surface area contributed by atoms with Gasteiger partial charge in [-0.1, -0.05) is 0 Å². The molecule has 0 aromatic heterocycles. The third-order valence-electron chi connectivity index (χ3n) is 2.28. The molecule has 11 heteroatoms. The fraction of sp³-hybridized carbons (Fsp3) is 0.364. The highest BCUT2D eigenvalue weighted by Gasteiger charge is 2.63. The molecule has 0 bridgehead atoms. The van der Waals surface area contributed by atoms with Crippen molar-refractivity contribution in [1.82, 2.24) is 0 Å². The summed E-state index contributed by atoms with van der Waals surface area (Å²) < 4.78 is 83.0. The van der Waals surface area contributed by atoms with E-state index in [1.54, 1.807) is 5.32 Å². The molecule has 0 aliphatic heterocycles. The molecule has 0 saturated carbocycles. The van der Waals surface area contributed by atoms with Crippen LogP contribution in [-0.2, 0) is 9.53 Å². The van der Waals surface area contributed by atoms with Crippen molar-refractivity contribution in [3.8, 4) is 5.75 Å². The zero-order chi connectivity index (χ0) is 17.2. The van der Waals surface area contributed by atoms with E-state index in [0.29, 0.717) is 7.11 Å². The van der Waals surface area contributed by atoms with Crippen LogP contribution in [0.4, 0.5) is 32.0 Å². The van der Waals surface area contributed by atoms with Crippen LogP contribution in [-0.4, -0.2) is 30.6 Å². The fourth-order valence-electron chi connectivity index (χ4n) is 1.29. The van der Waals surface area contributed by atoms with Crippen LogP contribution in [0, 0.1) is 0 Å². The van der Waals surface area contributed by atoms with Gasteiger partial charge in [0.05, 0.1) is 0 Å². The van der Waals surface area contributed by atoms with E-state index in [0.717, 1.165) is 24.3 Å². The first-order chi connectivity index (χ1) is 9.89. The van der Waals surface area contributed by atoms with E-state index in [1.165, 1.54) is 0 Å². The number of hydrogen-bond donors (Lipinski definition) is 1. The number of anilines is 1. The molecule has 0 heterocycles. The molecule has 1 N–H and O–H groups in total. The number of rotatable bonds is 5. The number of hydrogen-bond acceptors (Lipinski definition) is 3. The minimum atomic E-state index is -5.60. The number of benzene rings is 1. The fourth-order valence-corrected chi connectivity index (χ4v) is 1.38. The lowest BCUT2D eigenvalue weighted by Gasteiger charge is -2.24. The van der Waals surface area contributed by atoms with E-state index >= 15 is 0 Å². The summed E-state index contributed by atoms with van der Waals surface area (Å²) in [7, 11) is 0.368. The van der Waals surface area contributed by atoms with Gasteiger partial charge in [0.15, 0.2) is 0 Å². The first-order valence-corrected chi connectivity index (χ1v) is 5.75. The van der Waals surface area contributed by atoms with Crippen molar-refractivity contribution in [1.29, 1.82) is 0 Å². The summed E-state index contributed by atoms with van der Waals surface area (Å²) >= 11 is 4.50. The van der Waals surface area contributed by atoms with E-state index in [2.05, 4.69) is 21.1 Å². The van der Waals surface area contributed by atoms with Gasteiger partial charge in [-0.3, -0.25) is 4.79 Å². The molecule has 0 aliphatic carbocycles. The largest absolute Gasteiger partial charge is 0.487 e. The average molecular weight is 352 g/mol. The molecule has 0 aliphatic rings. The van der Waals surface area contributed by atoms with Gasteiger partial charge in [0.25, 0.3) is 5.91 Å². The van der Waals surface area contributed by atoms with Crippen LogP contribution >= 0.6 is 11.6 Å². The molecule has 1 aromatic rings. The van der Waals surface area contributed by atoms with Crippen LogP contribution in [0.5, 0.6) is 5.75 Å².